The summed E-state index contributed by atoms with van der Waals surface area (Å²) in [5.41, 5.74) is -1.62. The van der Waals surface area contributed by atoms with Crippen molar-refractivity contribution in [3.8, 4) is 11.5 Å². The number of halogens is 3. The summed E-state index contributed by atoms with van der Waals surface area (Å²) >= 11 is 0. The van der Waals surface area contributed by atoms with Gasteiger partial charge >= 0.3 is 0 Å². The minimum Gasteiger partial charge on any atom is -0.484 e. The zero-order valence-electron chi connectivity index (χ0n) is 20.4. The van der Waals surface area contributed by atoms with E-state index in [0.29, 0.717) is 25.7 Å². The van der Waals surface area contributed by atoms with E-state index in [4.69, 9.17) is 9.47 Å². The highest BCUT2D eigenvalue weighted by molar-refractivity contribution is 7.90. The van der Waals surface area contributed by atoms with Crippen LogP contribution in [0.1, 0.15) is 32.1 Å². The number of carbonyl (C=O) groups is 2. The van der Waals surface area contributed by atoms with Crippen molar-refractivity contribution in [1.82, 2.24) is 10.6 Å². The summed E-state index contributed by atoms with van der Waals surface area (Å²) in [5, 5.41) is 16.5. The average molecular weight is 557 g/mol. The Morgan fingerprint density at radius 1 is 0.895 bits per heavy atom. The van der Waals surface area contributed by atoms with Gasteiger partial charge in [0.1, 0.15) is 22.2 Å². The Morgan fingerprint density at radius 3 is 2.00 bits per heavy atom. The Kier molecular flexibility index (Phi) is 7.62. The number of ether oxygens (including phenoxy) is 2. The SMILES string of the molecule is CS(=O)(=O)c1cc(OCC(=O)NC23CCC(NC(=O)COc4ccc(F)c(F)c4)(CC2)[C@@H](O)C3)ccc1F. The zero-order chi connectivity index (χ0) is 27.7. The van der Waals surface area contributed by atoms with Gasteiger partial charge in [-0.1, -0.05) is 0 Å². The fourth-order valence-corrected chi connectivity index (χ4v) is 5.78. The van der Waals surface area contributed by atoms with Gasteiger partial charge in [0.25, 0.3) is 11.8 Å². The molecule has 2 aromatic carbocycles. The van der Waals surface area contributed by atoms with Crippen molar-refractivity contribution < 1.29 is 45.8 Å². The molecule has 0 heterocycles. The summed E-state index contributed by atoms with van der Waals surface area (Å²) in [6.45, 7) is -0.904. The van der Waals surface area contributed by atoms with E-state index in [1.807, 2.05) is 0 Å². The molecule has 3 fully saturated rings. The average Bonchev–Trinajstić information content (AvgIpc) is 2.84. The van der Waals surface area contributed by atoms with Crippen LogP contribution in [0.5, 0.6) is 11.5 Å². The van der Waals surface area contributed by atoms with Crippen LogP contribution in [0.15, 0.2) is 41.3 Å². The summed E-state index contributed by atoms with van der Waals surface area (Å²) in [5.74, 6) is -4.09. The summed E-state index contributed by atoms with van der Waals surface area (Å²) in [6, 6.07) is 6.08. The standard InChI is InChI=1S/C25H27F3N2O7S/c1-38(34,35)20-11-16(3-5-18(20)27)37-13-22(32)29-24-6-8-25(9-7-24,21(31)12-24)30-23(33)14-36-15-2-4-17(26)19(28)10-15/h2-5,10-11,21,31H,6-9,12-14H2,1H3,(H,29,32)(H,30,33)/t21-,24?,25?/m0/s1. The molecule has 0 radical (unpaired) electrons. The molecule has 2 aromatic rings. The molecule has 3 aliphatic carbocycles. The lowest BCUT2D eigenvalue weighted by Gasteiger charge is -2.56. The maximum Gasteiger partial charge on any atom is 0.258 e. The monoisotopic (exact) mass is 556 g/mol. The van der Waals surface area contributed by atoms with Gasteiger partial charge in [-0.3, -0.25) is 9.59 Å². The van der Waals surface area contributed by atoms with Crippen molar-refractivity contribution in [2.45, 2.75) is 54.2 Å². The number of aliphatic hydroxyl groups is 1. The smallest absolute Gasteiger partial charge is 0.258 e. The summed E-state index contributed by atoms with van der Waals surface area (Å²) in [6.07, 6.45) is 1.76. The Hall–Kier alpha value is -3.32. The van der Waals surface area contributed by atoms with E-state index in [2.05, 4.69) is 10.6 Å². The molecular weight excluding hydrogens is 529 g/mol. The molecule has 1 atom stereocenters. The minimum absolute atomic E-state index is 0.0125. The normalized spacial score (nSPS) is 24.5. The van der Waals surface area contributed by atoms with Crippen LogP contribution in [-0.2, 0) is 19.4 Å². The highest BCUT2D eigenvalue weighted by Crippen LogP contribution is 2.47. The van der Waals surface area contributed by atoms with Crippen LogP contribution in [0.2, 0.25) is 0 Å². The Labute approximate surface area is 217 Å². The predicted octanol–water partition coefficient (Wildman–Crippen LogP) is 2.01. The molecule has 0 aliphatic heterocycles. The van der Waals surface area contributed by atoms with Gasteiger partial charge in [0.05, 0.1) is 11.6 Å². The van der Waals surface area contributed by atoms with Crippen LogP contribution in [0.4, 0.5) is 13.2 Å². The molecule has 5 rings (SSSR count). The lowest BCUT2D eigenvalue weighted by atomic mass is 9.60. The second-order valence-electron chi connectivity index (χ2n) is 9.77. The first-order valence-corrected chi connectivity index (χ1v) is 13.7. The minimum atomic E-state index is -3.82. The maximum absolute atomic E-state index is 13.8. The first-order chi connectivity index (χ1) is 17.8. The van der Waals surface area contributed by atoms with Gasteiger partial charge in [-0.25, -0.2) is 21.6 Å². The van der Waals surface area contributed by atoms with Crippen LogP contribution < -0.4 is 20.1 Å². The summed E-state index contributed by atoms with van der Waals surface area (Å²) in [7, 11) is -3.82. The number of fused-ring (bicyclic) bond motifs is 3. The first-order valence-electron chi connectivity index (χ1n) is 11.8. The van der Waals surface area contributed by atoms with Crippen LogP contribution in [0.3, 0.4) is 0 Å². The second kappa shape index (κ2) is 10.4. The quantitative estimate of drug-likeness (QED) is 0.431. The highest BCUT2D eigenvalue weighted by Gasteiger charge is 2.55. The van der Waals surface area contributed by atoms with Gasteiger partial charge in [-0.2, -0.15) is 0 Å². The van der Waals surface area contributed by atoms with E-state index in [0.717, 1.165) is 30.5 Å². The summed E-state index contributed by atoms with van der Waals surface area (Å²) in [4.78, 5) is 24.5. The third-order valence-corrected chi connectivity index (χ3v) is 8.16. The van der Waals surface area contributed by atoms with Gasteiger partial charge in [0.15, 0.2) is 34.7 Å². The molecule has 3 aliphatic rings. The number of rotatable bonds is 9. The van der Waals surface area contributed by atoms with Crippen molar-refractivity contribution in [1.29, 1.82) is 0 Å². The maximum atomic E-state index is 13.8. The van der Waals surface area contributed by atoms with Crippen LogP contribution in [-0.4, -0.2) is 62.0 Å². The molecule has 0 unspecified atom stereocenters. The number of aliphatic hydroxyl groups excluding tert-OH is 1. The van der Waals surface area contributed by atoms with Gasteiger partial charge in [-0.05, 0) is 56.4 Å². The van der Waals surface area contributed by atoms with Gasteiger partial charge < -0.3 is 25.2 Å². The van der Waals surface area contributed by atoms with E-state index in [-0.39, 0.29) is 17.9 Å². The van der Waals surface area contributed by atoms with Crippen molar-refractivity contribution in [3.63, 3.8) is 0 Å². The second-order valence-corrected chi connectivity index (χ2v) is 11.8. The number of benzene rings is 2. The molecule has 3 N–H and O–H groups in total. The molecule has 0 saturated heterocycles. The van der Waals surface area contributed by atoms with Gasteiger partial charge in [-0.15, -0.1) is 0 Å². The molecule has 3 saturated carbocycles. The van der Waals surface area contributed by atoms with Gasteiger partial charge in [0.2, 0.25) is 0 Å². The van der Waals surface area contributed by atoms with Crippen LogP contribution in [0.25, 0.3) is 0 Å². The van der Waals surface area contributed by atoms with Crippen LogP contribution in [0, 0.1) is 17.5 Å². The van der Waals surface area contributed by atoms with Crippen LogP contribution >= 0.6 is 0 Å². The third-order valence-electron chi connectivity index (χ3n) is 7.05. The molecule has 9 nitrogen and oxygen atoms in total. The molecule has 13 heteroatoms. The Bertz CT molecular complexity index is 1340. The highest BCUT2D eigenvalue weighted by atomic mass is 32.2. The van der Waals surface area contributed by atoms with E-state index in [9.17, 15) is 36.3 Å². The fraction of sp³-hybridized carbons (Fsp3) is 0.440. The van der Waals surface area contributed by atoms with E-state index in [1.54, 1.807) is 0 Å². The largest absolute Gasteiger partial charge is 0.484 e. The summed E-state index contributed by atoms with van der Waals surface area (Å²) < 4.78 is 74.1. The topological polar surface area (TPSA) is 131 Å². The Morgan fingerprint density at radius 2 is 1.45 bits per heavy atom. The number of hydrogen-bond donors (Lipinski definition) is 3. The van der Waals surface area contributed by atoms with Crippen molar-refractivity contribution in [2.75, 3.05) is 19.5 Å². The molecule has 2 amide bonds. The van der Waals surface area contributed by atoms with E-state index >= 15 is 0 Å². The number of nitrogens with one attached hydrogen (secondary N) is 2. The number of amides is 2. The molecule has 38 heavy (non-hydrogen) atoms. The zero-order valence-corrected chi connectivity index (χ0v) is 21.2. The molecule has 0 spiro atoms. The van der Waals surface area contributed by atoms with E-state index in [1.165, 1.54) is 12.1 Å². The lowest BCUT2D eigenvalue weighted by molar-refractivity contribution is -0.137. The molecular formula is C25H27F3N2O7S. The number of carbonyl (C=O) groups excluding carboxylic acids is 2. The van der Waals surface area contributed by atoms with E-state index < -0.39 is 74.4 Å². The number of sulfone groups is 1. The number of hydrogen-bond acceptors (Lipinski definition) is 7. The molecule has 2 bridgehead atoms. The lowest BCUT2D eigenvalue weighted by Crippen LogP contribution is -2.70. The molecule has 206 valence electrons. The fourth-order valence-electron chi connectivity index (χ4n) is 5.03. The first kappa shape index (κ1) is 27.7. The molecule has 0 aromatic heterocycles. The third kappa shape index (κ3) is 6.04. The van der Waals surface area contributed by atoms with Crippen molar-refractivity contribution in [3.05, 3.63) is 53.8 Å². The van der Waals surface area contributed by atoms with Gasteiger partial charge in [0, 0.05) is 23.9 Å². The Balaban J connectivity index is 1.29. The van der Waals surface area contributed by atoms with Crippen molar-refractivity contribution >= 4 is 21.7 Å². The van der Waals surface area contributed by atoms with Crippen molar-refractivity contribution in [2.24, 2.45) is 0 Å². The predicted molar refractivity (Wildman–Crippen MR) is 128 cm³/mol.